The lowest BCUT2D eigenvalue weighted by molar-refractivity contribution is -0.137. The largest absolute Gasteiger partial charge is 0.516 e. The first-order valence-corrected chi connectivity index (χ1v) is 5.28. The molecule has 3 nitrogen and oxygen atoms in total. The summed E-state index contributed by atoms with van der Waals surface area (Å²) in [6.07, 6.45) is 10.5. The van der Waals surface area contributed by atoms with Gasteiger partial charge in [-0.1, -0.05) is 31.8 Å². The number of carboxylic acids is 1. The third kappa shape index (κ3) is 11.0. The Hall–Kier alpha value is -0.990. The van der Waals surface area contributed by atoms with Crippen molar-refractivity contribution in [2.45, 2.75) is 51.4 Å². The van der Waals surface area contributed by atoms with Crippen LogP contribution in [0.25, 0.3) is 0 Å². The van der Waals surface area contributed by atoms with Gasteiger partial charge in [0.05, 0.1) is 6.26 Å². The molecule has 3 heteroatoms. The number of allylic oxidation sites excluding steroid dienone is 1. The molecule has 0 unspecified atom stereocenters. The quantitative estimate of drug-likeness (QED) is 0.443. The predicted octanol–water partition coefficient (Wildman–Crippen LogP) is 3.26. The van der Waals surface area contributed by atoms with E-state index in [1.807, 2.05) is 0 Å². The van der Waals surface area contributed by atoms with Gasteiger partial charge in [-0.3, -0.25) is 4.79 Å². The third-order valence-corrected chi connectivity index (χ3v) is 2.12. The molecule has 0 amide bonds. The maximum absolute atomic E-state index is 10.2. The second-order valence-electron chi connectivity index (χ2n) is 3.44. The van der Waals surface area contributed by atoms with Gasteiger partial charge in [-0.2, -0.15) is 0 Å². The van der Waals surface area contributed by atoms with Crippen molar-refractivity contribution in [2.75, 3.05) is 0 Å². The van der Waals surface area contributed by atoms with Crippen molar-refractivity contribution in [1.82, 2.24) is 0 Å². The summed E-state index contributed by atoms with van der Waals surface area (Å²) in [7, 11) is 0. The Morgan fingerprint density at radius 3 is 2.14 bits per heavy atom. The van der Waals surface area contributed by atoms with Gasteiger partial charge in [0.1, 0.15) is 0 Å². The van der Waals surface area contributed by atoms with Gasteiger partial charge < -0.3 is 10.2 Å². The zero-order chi connectivity index (χ0) is 10.6. The van der Waals surface area contributed by atoms with E-state index in [4.69, 9.17) is 10.2 Å². The van der Waals surface area contributed by atoms with Crippen LogP contribution in [0.15, 0.2) is 12.3 Å². The number of unbranched alkanes of at least 4 members (excludes halogenated alkanes) is 6. The second kappa shape index (κ2) is 10.1. The van der Waals surface area contributed by atoms with Gasteiger partial charge >= 0.3 is 5.97 Å². The van der Waals surface area contributed by atoms with E-state index in [1.165, 1.54) is 6.42 Å². The summed E-state index contributed by atoms with van der Waals surface area (Å²) >= 11 is 0. The lowest BCUT2D eigenvalue weighted by Gasteiger charge is -1.98. The molecule has 2 N–H and O–H groups in total. The zero-order valence-electron chi connectivity index (χ0n) is 8.61. The van der Waals surface area contributed by atoms with E-state index in [1.54, 1.807) is 6.08 Å². The Morgan fingerprint density at radius 1 is 1.00 bits per heavy atom. The van der Waals surface area contributed by atoms with Crippen LogP contribution in [0.5, 0.6) is 0 Å². The van der Waals surface area contributed by atoms with Crippen molar-refractivity contribution < 1.29 is 15.0 Å². The normalized spacial score (nSPS) is 10.9. The molecule has 0 spiro atoms. The van der Waals surface area contributed by atoms with E-state index in [-0.39, 0.29) is 0 Å². The van der Waals surface area contributed by atoms with Crippen LogP contribution in [-0.2, 0) is 4.79 Å². The van der Waals surface area contributed by atoms with Crippen LogP contribution in [0.4, 0.5) is 0 Å². The van der Waals surface area contributed by atoms with Crippen LogP contribution >= 0.6 is 0 Å². The van der Waals surface area contributed by atoms with E-state index in [9.17, 15) is 4.79 Å². The SMILES string of the molecule is O=C(O)CCCCCCCC/C=C/O. The molecule has 0 aliphatic rings. The minimum Gasteiger partial charge on any atom is -0.516 e. The smallest absolute Gasteiger partial charge is 0.303 e. The Morgan fingerprint density at radius 2 is 1.57 bits per heavy atom. The van der Waals surface area contributed by atoms with Gasteiger partial charge in [0.15, 0.2) is 0 Å². The molecule has 0 radical (unpaired) electrons. The van der Waals surface area contributed by atoms with Gasteiger partial charge in [-0.05, 0) is 19.3 Å². The lowest BCUT2D eigenvalue weighted by atomic mass is 10.1. The fourth-order valence-corrected chi connectivity index (χ4v) is 1.32. The van der Waals surface area contributed by atoms with Crippen LogP contribution in [0, 0.1) is 0 Å². The summed E-state index contributed by atoms with van der Waals surface area (Å²) < 4.78 is 0. The van der Waals surface area contributed by atoms with Crippen LogP contribution < -0.4 is 0 Å². The van der Waals surface area contributed by atoms with Gasteiger partial charge in [-0.25, -0.2) is 0 Å². The first-order chi connectivity index (χ1) is 6.77. The maximum atomic E-state index is 10.2. The van der Waals surface area contributed by atoms with Gasteiger partial charge in [0, 0.05) is 6.42 Å². The summed E-state index contributed by atoms with van der Waals surface area (Å²) in [5.41, 5.74) is 0. The van der Waals surface area contributed by atoms with Crippen molar-refractivity contribution in [3.05, 3.63) is 12.3 Å². The molecule has 0 aromatic heterocycles. The van der Waals surface area contributed by atoms with Crippen molar-refractivity contribution >= 4 is 5.97 Å². The third-order valence-electron chi connectivity index (χ3n) is 2.12. The molecule has 0 aromatic rings. The standard InChI is InChI=1S/C11H20O3/c12-10-8-6-4-2-1-3-5-7-9-11(13)14/h8,10,12H,1-7,9H2,(H,13,14)/b10-8+. The van der Waals surface area contributed by atoms with E-state index in [0.717, 1.165) is 44.8 Å². The van der Waals surface area contributed by atoms with E-state index in [0.29, 0.717) is 6.42 Å². The molecular weight excluding hydrogens is 180 g/mol. The fourth-order valence-electron chi connectivity index (χ4n) is 1.32. The van der Waals surface area contributed by atoms with Crippen LogP contribution in [-0.4, -0.2) is 16.2 Å². The first-order valence-electron chi connectivity index (χ1n) is 5.28. The molecule has 0 rings (SSSR count). The molecule has 0 bridgehead atoms. The zero-order valence-corrected chi connectivity index (χ0v) is 8.61. The van der Waals surface area contributed by atoms with Gasteiger partial charge in [0.2, 0.25) is 0 Å². The maximum Gasteiger partial charge on any atom is 0.303 e. The highest BCUT2D eigenvalue weighted by Gasteiger charge is 1.95. The van der Waals surface area contributed by atoms with Crippen LogP contribution in [0.3, 0.4) is 0 Å². The second-order valence-corrected chi connectivity index (χ2v) is 3.44. The molecule has 0 fully saturated rings. The van der Waals surface area contributed by atoms with E-state index < -0.39 is 5.97 Å². The average molecular weight is 200 g/mol. The summed E-state index contributed by atoms with van der Waals surface area (Å²) in [4.78, 5) is 10.2. The molecule has 82 valence electrons. The molecule has 0 heterocycles. The van der Waals surface area contributed by atoms with Gasteiger partial charge in [-0.15, -0.1) is 0 Å². The van der Waals surface area contributed by atoms with Crippen LogP contribution in [0.1, 0.15) is 51.4 Å². The number of rotatable bonds is 9. The van der Waals surface area contributed by atoms with Crippen molar-refractivity contribution in [3.8, 4) is 0 Å². The van der Waals surface area contributed by atoms with Crippen molar-refractivity contribution in [1.29, 1.82) is 0 Å². The minimum absolute atomic E-state index is 0.299. The fraction of sp³-hybridized carbons (Fsp3) is 0.727. The summed E-state index contributed by atoms with van der Waals surface area (Å²) in [5, 5.41) is 16.7. The van der Waals surface area contributed by atoms with Gasteiger partial charge in [0.25, 0.3) is 0 Å². The number of hydrogen-bond acceptors (Lipinski definition) is 2. The number of aliphatic hydroxyl groups is 1. The highest BCUT2D eigenvalue weighted by atomic mass is 16.4. The summed E-state index contributed by atoms with van der Waals surface area (Å²) in [6.45, 7) is 0. The molecule has 14 heavy (non-hydrogen) atoms. The molecule has 0 saturated carbocycles. The highest BCUT2D eigenvalue weighted by Crippen LogP contribution is 2.08. The van der Waals surface area contributed by atoms with Crippen molar-refractivity contribution in [2.24, 2.45) is 0 Å². The number of hydrogen-bond donors (Lipinski definition) is 2. The molecule has 0 aromatic carbocycles. The average Bonchev–Trinajstić information content (AvgIpc) is 2.15. The number of aliphatic carboxylic acids is 1. The lowest BCUT2D eigenvalue weighted by Crippen LogP contribution is -1.93. The Kier molecular flexibility index (Phi) is 9.38. The van der Waals surface area contributed by atoms with E-state index >= 15 is 0 Å². The predicted molar refractivity (Wildman–Crippen MR) is 56.3 cm³/mol. The topological polar surface area (TPSA) is 57.5 Å². The minimum atomic E-state index is -0.696. The Bertz CT molecular complexity index is 164. The Labute approximate surface area is 85.4 Å². The molecule has 0 atom stereocenters. The van der Waals surface area contributed by atoms with E-state index in [2.05, 4.69) is 0 Å². The molecule has 0 aliphatic carbocycles. The van der Waals surface area contributed by atoms with Crippen molar-refractivity contribution in [3.63, 3.8) is 0 Å². The van der Waals surface area contributed by atoms with Crippen LogP contribution in [0.2, 0.25) is 0 Å². The summed E-state index contributed by atoms with van der Waals surface area (Å²) in [5.74, 6) is -0.696. The molecule has 0 aliphatic heterocycles. The summed E-state index contributed by atoms with van der Waals surface area (Å²) in [6, 6.07) is 0. The number of carboxylic acid groups (broad SMARTS) is 1. The number of carbonyl (C=O) groups is 1. The molecular formula is C11H20O3. The Balaban J connectivity index is 2.95. The molecule has 0 saturated heterocycles. The first kappa shape index (κ1) is 13.0. The highest BCUT2D eigenvalue weighted by molar-refractivity contribution is 5.66. The number of aliphatic hydroxyl groups excluding tert-OH is 1. The monoisotopic (exact) mass is 200 g/mol.